The first-order chi connectivity index (χ1) is 9.97. The number of carboxylic acid groups (broad SMARTS) is 1. The Kier molecular flexibility index (Phi) is 5.33. The zero-order valence-electron chi connectivity index (χ0n) is 11.4. The van der Waals surface area contributed by atoms with Crippen LogP contribution in [0.3, 0.4) is 0 Å². The summed E-state index contributed by atoms with van der Waals surface area (Å²) in [7, 11) is 0. The molecule has 21 heavy (non-hydrogen) atoms. The van der Waals surface area contributed by atoms with E-state index in [1.807, 2.05) is 0 Å². The molecule has 1 aromatic carbocycles. The summed E-state index contributed by atoms with van der Waals surface area (Å²) in [6.07, 6.45) is 3.92. The highest BCUT2D eigenvalue weighted by Gasteiger charge is 2.30. The van der Waals surface area contributed by atoms with E-state index in [-0.39, 0.29) is 5.56 Å². The lowest BCUT2D eigenvalue weighted by molar-refractivity contribution is -0.142. The first-order valence-corrected chi connectivity index (χ1v) is 7.76. The summed E-state index contributed by atoms with van der Waals surface area (Å²) in [6, 6.07) is 3.53. The van der Waals surface area contributed by atoms with E-state index in [9.17, 15) is 19.1 Å². The number of hydrogen-bond acceptors (Lipinski definition) is 2. The van der Waals surface area contributed by atoms with Crippen molar-refractivity contribution in [2.45, 2.75) is 38.1 Å². The van der Waals surface area contributed by atoms with Crippen LogP contribution in [0.2, 0.25) is 0 Å². The SMILES string of the molecule is O=C(NC1CCCCCC1C(=O)O)c1cc(F)cc(Br)c1. The summed E-state index contributed by atoms with van der Waals surface area (Å²) < 4.78 is 13.8. The summed E-state index contributed by atoms with van der Waals surface area (Å²) in [5, 5.41) is 12.0. The molecular formula is C15H17BrFNO3. The minimum atomic E-state index is -0.886. The number of amides is 1. The molecule has 0 aromatic heterocycles. The van der Waals surface area contributed by atoms with E-state index in [4.69, 9.17) is 0 Å². The van der Waals surface area contributed by atoms with Crippen molar-refractivity contribution in [3.05, 3.63) is 34.1 Å². The van der Waals surface area contributed by atoms with Crippen LogP contribution in [0.4, 0.5) is 4.39 Å². The van der Waals surface area contributed by atoms with Gasteiger partial charge in [-0.25, -0.2) is 4.39 Å². The quantitative estimate of drug-likeness (QED) is 0.815. The Hall–Kier alpha value is -1.43. The van der Waals surface area contributed by atoms with E-state index in [0.29, 0.717) is 17.3 Å². The first-order valence-electron chi connectivity index (χ1n) is 6.97. The van der Waals surface area contributed by atoms with Gasteiger partial charge in [0.05, 0.1) is 5.92 Å². The molecule has 2 unspecified atom stereocenters. The molecule has 1 aliphatic carbocycles. The highest BCUT2D eigenvalue weighted by Crippen LogP contribution is 2.24. The Bertz CT molecular complexity index is 529. The predicted octanol–water partition coefficient (Wildman–Crippen LogP) is 3.35. The molecule has 2 atom stereocenters. The van der Waals surface area contributed by atoms with Gasteiger partial charge in [0.15, 0.2) is 0 Å². The maximum absolute atomic E-state index is 13.3. The lowest BCUT2D eigenvalue weighted by Crippen LogP contribution is -2.42. The lowest BCUT2D eigenvalue weighted by Gasteiger charge is -2.23. The minimum absolute atomic E-state index is 0.190. The summed E-state index contributed by atoms with van der Waals surface area (Å²) in [5.74, 6) is -2.41. The molecule has 2 N–H and O–H groups in total. The number of carbonyl (C=O) groups is 2. The zero-order chi connectivity index (χ0) is 15.4. The Morgan fingerprint density at radius 2 is 1.90 bits per heavy atom. The van der Waals surface area contributed by atoms with Gasteiger partial charge in [0.1, 0.15) is 5.82 Å². The van der Waals surface area contributed by atoms with E-state index < -0.39 is 29.7 Å². The number of benzene rings is 1. The fourth-order valence-corrected chi connectivity index (χ4v) is 3.18. The van der Waals surface area contributed by atoms with Crippen molar-refractivity contribution in [2.24, 2.45) is 5.92 Å². The van der Waals surface area contributed by atoms with Gasteiger partial charge in [0.25, 0.3) is 5.91 Å². The van der Waals surface area contributed by atoms with Gasteiger partial charge in [-0.15, -0.1) is 0 Å². The van der Waals surface area contributed by atoms with E-state index in [2.05, 4.69) is 21.2 Å². The molecule has 4 nitrogen and oxygen atoms in total. The molecule has 0 spiro atoms. The monoisotopic (exact) mass is 357 g/mol. The Labute approximate surface area is 130 Å². The maximum atomic E-state index is 13.3. The highest BCUT2D eigenvalue weighted by atomic mass is 79.9. The molecule has 1 amide bonds. The van der Waals surface area contributed by atoms with Gasteiger partial charge in [0, 0.05) is 16.1 Å². The van der Waals surface area contributed by atoms with Crippen LogP contribution in [0, 0.1) is 11.7 Å². The van der Waals surface area contributed by atoms with Gasteiger partial charge in [-0.2, -0.15) is 0 Å². The van der Waals surface area contributed by atoms with Gasteiger partial charge in [0.2, 0.25) is 0 Å². The van der Waals surface area contributed by atoms with Crippen LogP contribution in [0.15, 0.2) is 22.7 Å². The third-order valence-electron chi connectivity index (χ3n) is 3.77. The van der Waals surface area contributed by atoms with Crippen LogP contribution in [0.25, 0.3) is 0 Å². The molecule has 0 aliphatic heterocycles. The van der Waals surface area contributed by atoms with Crippen molar-refractivity contribution >= 4 is 27.8 Å². The number of halogens is 2. The molecule has 0 bridgehead atoms. The highest BCUT2D eigenvalue weighted by molar-refractivity contribution is 9.10. The zero-order valence-corrected chi connectivity index (χ0v) is 13.0. The molecule has 0 heterocycles. The number of aliphatic carboxylic acids is 1. The van der Waals surface area contributed by atoms with Crippen molar-refractivity contribution in [1.29, 1.82) is 0 Å². The molecule has 2 rings (SSSR count). The molecule has 1 aromatic rings. The predicted molar refractivity (Wildman–Crippen MR) is 79.6 cm³/mol. The molecule has 114 valence electrons. The molecule has 1 aliphatic rings. The number of rotatable bonds is 3. The second-order valence-electron chi connectivity index (χ2n) is 5.32. The summed E-state index contributed by atoms with van der Waals surface area (Å²) in [6.45, 7) is 0. The van der Waals surface area contributed by atoms with E-state index >= 15 is 0 Å². The molecule has 1 fully saturated rings. The topological polar surface area (TPSA) is 66.4 Å². The fourth-order valence-electron chi connectivity index (χ4n) is 2.71. The normalized spacial score (nSPS) is 22.4. The Morgan fingerprint density at radius 3 is 2.57 bits per heavy atom. The Morgan fingerprint density at radius 1 is 1.19 bits per heavy atom. The van der Waals surface area contributed by atoms with Crippen molar-refractivity contribution in [3.8, 4) is 0 Å². The van der Waals surface area contributed by atoms with Crippen LogP contribution in [-0.4, -0.2) is 23.0 Å². The van der Waals surface area contributed by atoms with Crippen LogP contribution in [-0.2, 0) is 4.79 Å². The van der Waals surface area contributed by atoms with E-state index in [0.717, 1.165) is 25.3 Å². The van der Waals surface area contributed by atoms with E-state index in [1.54, 1.807) is 0 Å². The number of carboxylic acids is 1. The third-order valence-corrected chi connectivity index (χ3v) is 4.23. The van der Waals surface area contributed by atoms with Crippen molar-refractivity contribution < 1.29 is 19.1 Å². The first kappa shape index (κ1) is 15.9. The largest absolute Gasteiger partial charge is 0.481 e. The number of carbonyl (C=O) groups excluding carboxylic acids is 1. The summed E-state index contributed by atoms with van der Waals surface area (Å²) in [4.78, 5) is 23.5. The molecule has 6 heteroatoms. The number of nitrogens with one attached hydrogen (secondary N) is 1. The second kappa shape index (κ2) is 7.02. The lowest BCUT2D eigenvalue weighted by atomic mass is 9.94. The van der Waals surface area contributed by atoms with Gasteiger partial charge in [-0.3, -0.25) is 9.59 Å². The molecule has 0 radical (unpaired) electrons. The smallest absolute Gasteiger partial charge is 0.308 e. The van der Waals surface area contributed by atoms with Gasteiger partial charge in [-0.05, 0) is 31.0 Å². The van der Waals surface area contributed by atoms with E-state index in [1.165, 1.54) is 12.1 Å². The molecule has 1 saturated carbocycles. The minimum Gasteiger partial charge on any atom is -0.481 e. The summed E-state index contributed by atoms with van der Waals surface area (Å²) in [5.41, 5.74) is 0.190. The van der Waals surface area contributed by atoms with Gasteiger partial charge in [-0.1, -0.05) is 35.2 Å². The average Bonchev–Trinajstić information content (AvgIpc) is 2.63. The van der Waals surface area contributed by atoms with Gasteiger partial charge >= 0.3 is 5.97 Å². The average molecular weight is 358 g/mol. The Balaban J connectivity index is 2.14. The van der Waals surface area contributed by atoms with Crippen LogP contribution >= 0.6 is 15.9 Å². The second-order valence-corrected chi connectivity index (χ2v) is 6.24. The molecule has 0 saturated heterocycles. The van der Waals surface area contributed by atoms with Crippen molar-refractivity contribution in [1.82, 2.24) is 5.32 Å². The van der Waals surface area contributed by atoms with Crippen LogP contribution < -0.4 is 5.32 Å². The van der Waals surface area contributed by atoms with Crippen LogP contribution in [0.1, 0.15) is 42.5 Å². The van der Waals surface area contributed by atoms with Crippen molar-refractivity contribution in [3.63, 3.8) is 0 Å². The molecular weight excluding hydrogens is 341 g/mol. The maximum Gasteiger partial charge on any atom is 0.308 e. The van der Waals surface area contributed by atoms with Crippen LogP contribution in [0.5, 0.6) is 0 Å². The fraction of sp³-hybridized carbons (Fsp3) is 0.467. The number of hydrogen-bond donors (Lipinski definition) is 2. The third kappa shape index (κ3) is 4.27. The van der Waals surface area contributed by atoms with Gasteiger partial charge < -0.3 is 10.4 Å². The summed E-state index contributed by atoms with van der Waals surface area (Å²) >= 11 is 3.14. The standard InChI is InChI=1S/C15H17BrFNO3/c16-10-6-9(7-11(17)8-10)14(19)18-13-5-3-1-2-4-12(13)15(20)21/h6-8,12-13H,1-5H2,(H,18,19)(H,20,21). The van der Waals surface area contributed by atoms with Crippen molar-refractivity contribution in [2.75, 3.05) is 0 Å².